The molecule has 1 unspecified atom stereocenters. The number of piperidine rings is 1. The third-order valence-electron chi connectivity index (χ3n) is 11.3. The number of nitrogens with zero attached hydrogens (tertiary/aromatic N) is 4. The van der Waals surface area contributed by atoms with Crippen LogP contribution in [0.15, 0.2) is 59.7 Å². The number of imide groups is 2. The van der Waals surface area contributed by atoms with Crippen LogP contribution in [0.5, 0.6) is 11.6 Å². The molecule has 0 saturated carbocycles. The number of aryl methyl sites for hydroxylation is 1. The first-order chi connectivity index (χ1) is 28.1. The summed E-state index contributed by atoms with van der Waals surface area (Å²) in [7, 11) is 4.84. The summed E-state index contributed by atoms with van der Waals surface area (Å²) in [6.45, 7) is 2.64. The Hall–Kier alpha value is -6.09. The molecule has 2 atom stereocenters. The van der Waals surface area contributed by atoms with Gasteiger partial charge in [0.2, 0.25) is 23.6 Å². The van der Waals surface area contributed by atoms with Gasteiger partial charge >= 0.3 is 0 Å². The summed E-state index contributed by atoms with van der Waals surface area (Å²) in [5.41, 5.74) is 3.62. The molecule has 2 aromatic carbocycles. The lowest BCUT2D eigenvalue weighted by atomic mass is 9.97. The third-order valence-corrected chi connectivity index (χ3v) is 11.3. The number of likely N-dealkylation sites (tertiary alicyclic amines) is 1. The van der Waals surface area contributed by atoms with Gasteiger partial charge in [-0.3, -0.25) is 43.9 Å². The molecule has 7 rings (SSSR count). The lowest BCUT2D eigenvalue weighted by molar-refractivity contribution is -0.136. The van der Waals surface area contributed by atoms with Gasteiger partial charge in [0.25, 0.3) is 17.4 Å². The van der Waals surface area contributed by atoms with Crippen molar-refractivity contribution in [2.75, 3.05) is 39.2 Å². The largest absolute Gasteiger partial charge is 0.496 e. The van der Waals surface area contributed by atoms with Crippen molar-refractivity contribution in [2.45, 2.75) is 76.4 Å². The Balaban J connectivity index is 0.819. The number of rotatable bonds is 17. The van der Waals surface area contributed by atoms with Gasteiger partial charge in [-0.05, 0) is 55.5 Å². The monoisotopic (exact) mass is 791 g/mol. The molecule has 2 aromatic heterocycles. The van der Waals surface area contributed by atoms with Crippen LogP contribution in [-0.2, 0) is 28.0 Å². The Morgan fingerprint density at radius 3 is 2.40 bits per heavy atom. The number of ether oxygens (including phenoxy) is 2. The fourth-order valence-corrected chi connectivity index (χ4v) is 8.12. The van der Waals surface area contributed by atoms with Crippen LogP contribution in [0.2, 0.25) is 0 Å². The van der Waals surface area contributed by atoms with E-state index >= 15 is 0 Å². The summed E-state index contributed by atoms with van der Waals surface area (Å²) in [6.07, 6.45) is 10.3. The van der Waals surface area contributed by atoms with Gasteiger partial charge in [-0.1, -0.05) is 43.9 Å². The maximum absolute atomic E-state index is 13.3. The fraction of sp³-hybridized carbons (Fsp3) is 0.419. The van der Waals surface area contributed by atoms with Gasteiger partial charge in [0.05, 0.1) is 31.4 Å². The van der Waals surface area contributed by atoms with Crippen molar-refractivity contribution in [3.63, 3.8) is 0 Å². The second kappa shape index (κ2) is 17.6. The van der Waals surface area contributed by atoms with E-state index in [2.05, 4.69) is 25.8 Å². The number of unbranched alkanes of at least 4 members (excludes halogenated alkanes) is 5. The highest BCUT2D eigenvalue weighted by Gasteiger charge is 2.45. The van der Waals surface area contributed by atoms with Crippen LogP contribution in [0.4, 0.5) is 5.69 Å². The molecule has 2 fully saturated rings. The molecule has 3 aliphatic heterocycles. The molecule has 0 bridgehead atoms. The Morgan fingerprint density at radius 2 is 1.67 bits per heavy atom. The van der Waals surface area contributed by atoms with Gasteiger partial charge in [-0.15, -0.1) is 0 Å². The van der Waals surface area contributed by atoms with Crippen molar-refractivity contribution in [3.8, 4) is 22.8 Å². The van der Waals surface area contributed by atoms with E-state index in [1.807, 2.05) is 30.5 Å². The van der Waals surface area contributed by atoms with Crippen molar-refractivity contribution in [1.82, 2.24) is 30.0 Å². The van der Waals surface area contributed by atoms with Crippen LogP contribution in [0.25, 0.3) is 21.9 Å². The smallest absolute Gasteiger partial charge is 0.264 e. The molecule has 15 heteroatoms. The topological polar surface area (TPSA) is 181 Å². The van der Waals surface area contributed by atoms with E-state index in [4.69, 9.17) is 9.47 Å². The minimum absolute atomic E-state index is 0.0416. The van der Waals surface area contributed by atoms with Crippen LogP contribution < -0.4 is 31.0 Å². The number of amides is 5. The zero-order chi connectivity index (χ0) is 40.9. The highest BCUT2D eigenvalue weighted by atomic mass is 16.5. The fourth-order valence-electron chi connectivity index (χ4n) is 8.12. The molecular weight excluding hydrogens is 743 g/mol. The van der Waals surface area contributed by atoms with Crippen LogP contribution in [0.3, 0.4) is 0 Å². The van der Waals surface area contributed by atoms with E-state index in [1.165, 1.54) is 11.7 Å². The Morgan fingerprint density at radius 1 is 0.897 bits per heavy atom. The zero-order valence-electron chi connectivity index (χ0n) is 33.1. The minimum atomic E-state index is -0.993. The number of methoxy groups -OCH3 is 2. The summed E-state index contributed by atoms with van der Waals surface area (Å²) >= 11 is 0. The van der Waals surface area contributed by atoms with Crippen LogP contribution in [0.1, 0.15) is 84.1 Å². The molecule has 3 N–H and O–H groups in total. The van der Waals surface area contributed by atoms with Gasteiger partial charge in [-0.2, -0.15) is 0 Å². The summed E-state index contributed by atoms with van der Waals surface area (Å²) in [6, 6.07) is 11.7. The molecule has 0 radical (unpaired) electrons. The number of aromatic nitrogens is 2. The molecule has 304 valence electrons. The molecule has 2 saturated heterocycles. The molecule has 3 aliphatic rings. The van der Waals surface area contributed by atoms with Crippen LogP contribution >= 0.6 is 0 Å². The molecule has 5 amide bonds. The summed E-state index contributed by atoms with van der Waals surface area (Å²) < 4.78 is 12.7. The second-order valence-corrected chi connectivity index (χ2v) is 15.0. The van der Waals surface area contributed by atoms with Crippen LogP contribution in [0, 0.1) is 0 Å². The normalized spacial score (nSPS) is 17.9. The maximum Gasteiger partial charge on any atom is 0.264 e. The lowest BCUT2D eigenvalue weighted by Crippen LogP contribution is -2.55. The van der Waals surface area contributed by atoms with Gasteiger partial charge in [-0.25, -0.2) is 4.98 Å². The number of carbonyl (C=O) groups is 5. The van der Waals surface area contributed by atoms with Gasteiger partial charge in [0.1, 0.15) is 17.2 Å². The first kappa shape index (κ1) is 40.1. The number of nitrogens with one attached hydrogen (secondary N) is 3. The van der Waals surface area contributed by atoms with E-state index in [0.717, 1.165) is 78.5 Å². The number of pyridine rings is 2. The van der Waals surface area contributed by atoms with E-state index in [1.54, 1.807) is 38.6 Å². The molecule has 15 nitrogen and oxygen atoms in total. The van der Waals surface area contributed by atoms with Gasteiger partial charge in [0, 0.05) is 74.2 Å². The maximum atomic E-state index is 13.3. The first-order valence-electron chi connectivity index (χ1n) is 19.9. The Kier molecular flexibility index (Phi) is 12.2. The molecule has 0 spiro atoms. The first-order valence-corrected chi connectivity index (χ1v) is 19.9. The van der Waals surface area contributed by atoms with Gasteiger partial charge in [0.15, 0.2) is 0 Å². The van der Waals surface area contributed by atoms with Crippen molar-refractivity contribution in [3.05, 3.63) is 81.9 Å². The predicted molar refractivity (Wildman–Crippen MR) is 217 cm³/mol. The van der Waals surface area contributed by atoms with Crippen molar-refractivity contribution < 1.29 is 33.4 Å². The summed E-state index contributed by atoms with van der Waals surface area (Å²) in [5.74, 6) is -1.04. The number of benzene rings is 2. The quantitative estimate of drug-likeness (QED) is 0.103. The number of hydrogen-bond acceptors (Lipinski definition) is 11. The van der Waals surface area contributed by atoms with Crippen LogP contribution in [-0.4, -0.2) is 94.8 Å². The molecule has 58 heavy (non-hydrogen) atoms. The molecular formula is C43H49N7O8. The standard InChI is InChI=1S/C43H49N7O8/c1-48-25-30(28-17-21-46-40(58-3)37(28)42(48)55)26-13-14-27(34(23-26)57-2)24-49-22-18-32(49)38(52)45-20-9-7-5-4-6-8-19-44-31-12-10-11-29-36(31)43(56)50(41(29)54)33-15-16-35(51)47-39(33)53/h10-14,17,21,23,25,32-33,44H,4-9,15-16,18-20,22,24H2,1-3H3,(H,45,52)(H,47,51,53)/t32-,33?/m0/s1. The molecule has 5 heterocycles. The zero-order valence-corrected chi connectivity index (χ0v) is 33.1. The average Bonchev–Trinajstić information content (AvgIpc) is 3.47. The SMILES string of the molecule is COc1cc(-c2cn(C)c(=O)c3c(OC)nccc23)ccc1CN1CC[C@H]1C(=O)NCCCCCCCCNc1cccc2c1C(=O)N(C1CCC(=O)NC1=O)C2=O. The minimum Gasteiger partial charge on any atom is -0.496 e. The Bertz CT molecular complexity index is 2320. The highest BCUT2D eigenvalue weighted by molar-refractivity contribution is 6.25. The summed E-state index contributed by atoms with van der Waals surface area (Å²) in [4.78, 5) is 83.8. The number of carbonyl (C=O) groups excluding carboxylic acids is 5. The van der Waals surface area contributed by atoms with Gasteiger partial charge < -0.3 is 24.7 Å². The number of hydrogen-bond donors (Lipinski definition) is 3. The van der Waals surface area contributed by atoms with E-state index in [0.29, 0.717) is 36.5 Å². The number of anilines is 1. The Labute approximate surface area is 336 Å². The highest BCUT2D eigenvalue weighted by Crippen LogP contribution is 2.35. The second-order valence-electron chi connectivity index (χ2n) is 15.0. The van der Waals surface area contributed by atoms with E-state index in [-0.39, 0.29) is 47.4 Å². The van der Waals surface area contributed by atoms with E-state index < -0.39 is 29.7 Å². The predicted octanol–water partition coefficient (Wildman–Crippen LogP) is 4.16. The summed E-state index contributed by atoms with van der Waals surface area (Å²) in [5, 5.41) is 9.81. The average molecular weight is 792 g/mol. The van der Waals surface area contributed by atoms with Crippen molar-refractivity contribution >= 4 is 46.0 Å². The number of fused-ring (bicyclic) bond motifs is 2. The lowest BCUT2D eigenvalue weighted by Gasteiger charge is -2.40. The third kappa shape index (κ3) is 8.03. The van der Waals surface area contributed by atoms with Crippen molar-refractivity contribution in [2.24, 2.45) is 7.05 Å². The van der Waals surface area contributed by atoms with Crippen molar-refractivity contribution in [1.29, 1.82) is 0 Å². The molecule has 0 aliphatic carbocycles. The van der Waals surface area contributed by atoms with E-state index in [9.17, 15) is 28.8 Å². The molecule has 4 aromatic rings.